The number of carboxylic acids is 1. The summed E-state index contributed by atoms with van der Waals surface area (Å²) in [6.45, 7) is 3.98. The van der Waals surface area contributed by atoms with E-state index in [1.54, 1.807) is 6.92 Å². The number of unbranched alkanes of at least 4 members (excludes halogenated alkanes) is 1. The molecule has 1 unspecified atom stereocenters. The van der Waals surface area contributed by atoms with Gasteiger partial charge in [0.05, 0.1) is 6.42 Å². The van der Waals surface area contributed by atoms with Gasteiger partial charge in [0, 0.05) is 0 Å². The van der Waals surface area contributed by atoms with Crippen molar-refractivity contribution in [2.75, 3.05) is 13.1 Å². The largest absolute Gasteiger partial charge is 0.481 e. The third-order valence-corrected chi connectivity index (χ3v) is 2.39. The van der Waals surface area contributed by atoms with E-state index in [1.165, 1.54) is 4.90 Å². The summed E-state index contributed by atoms with van der Waals surface area (Å²) in [5.41, 5.74) is 0. The highest BCUT2D eigenvalue weighted by Gasteiger charge is 2.44. The van der Waals surface area contributed by atoms with Gasteiger partial charge in [0.1, 0.15) is 6.04 Å². The van der Waals surface area contributed by atoms with Crippen LogP contribution in [0.25, 0.3) is 0 Å². The monoisotopic (exact) mass is 241 g/mol. The Bertz CT molecular complexity index is 219. The van der Waals surface area contributed by atoms with Crippen LogP contribution in [0, 0.1) is 0 Å². The molecule has 0 aliphatic rings. The Labute approximate surface area is 93.2 Å². The number of hydrogen-bond donors (Lipinski definition) is 1. The highest BCUT2D eigenvalue weighted by molar-refractivity contribution is 5.67. The number of hydrogen-bond acceptors (Lipinski definition) is 2. The van der Waals surface area contributed by atoms with Crippen LogP contribution in [0.4, 0.5) is 13.2 Å². The summed E-state index contributed by atoms with van der Waals surface area (Å²) in [6.07, 6.45) is -3.95. The van der Waals surface area contributed by atoms with Crippen LogP contribution in [0.3, 0.4) is 0 Å². The highest BCUT2D eigenvalue weighted by atomic mass is 19.4. The first-order chi connectivity index (χ1) is 7.32. The fourth-order valence-corrected chi connectivity index (χ4v) is 1.51. The van der Waals surface area contributed by atoms with Crippen molar-refractivity contribution in [3.05, 3.63) is 0 Å². The Morgan fingerprint density at radius 2 is 1.94 bits per heavy atom. The van der Waals surface area contributed by atoms with E-state index in [-0.39, 0.29) is 13.1 Å². The van der Waals surface area contributed by atoms with Crippen LogP contribution in [-0.4, -0.2) is 41.3 Å². The molecule has 0 saturated carbocycles. The van der Waals surface area contributed by atoms with Gasteiger partial charge in [0.2, 0.25) is 0 Å². The van der Waals surface area contributed by atoms with E-state index in [4.69, 9.17) is 5.11 Å². The Hall–Kier alpha value is -0.780. The predicted octanol–water partition coefficient (Wildman–Crippen LogP) is 2.51. The average Bonchev–Trinajstić information content (AvgIpc) is 2.15. The standard InChI is InChI=1S/C10H18F3NO2/c1-3-5-6-14(4-2)8(7-9(15)16)10(11,12)13/h8H,3-7H2,1-2H3,(H,15,16). The molecule has 0 aromatic rings. The first-order valence-electron chi connectivity index (χ1n) is 5.35. The zero-order valence-electron chi connectivity index (χ0n) is 9.55. The van der Waals surface area contributed by atoms with E-state index < -0.39 is 24.6 Å². The molecule has 0 aromatic carbocycles. The zero-order valence-corrected chi connectivity index (χ0v) is 9.55. The normalized spacial score (nSPS) is 14.1. The van der Waals surface area contributed by atoms with Crippen LogP contribution >= 0.6 is 0 Å². The Balaban J connectivity index is 4.62. The second-order valence-electron chi connectivity index (χ2n) is 3.64. The van der Waals surface area contributed by atoms with Gasteiger partial charge in [-0.15, -0.1) is 0 Å². The third-order valence-electron chi connectivity index (χ3n) is 2.39. The van der Waals surface area contributed by atoms with Gasteiger partial charge in [-0.25, -0.2) is 0 Å². The van der Waals surface area contributed by atoms with Crippen molar-refractivity contribution >= 4 is 5.97 Å². The van der Waals surface area contributed by atoms with Crippen LogP contribution in [0.2, 0.25) is 0 Å². The highest BCUT2D eigenvalue weighted by Crippen LogP contribution is 2.27. The Morgan fingerprint density at radius 3 is 2.25 bits per heavy atom. The van der Waals surface area contributed by atoms with E-state index in [0.717, 1.165) is 6.42 Å². The molecule has 0 saturated heterocycles. The second kappa shape index (κ2) is 6.73. The van der Waals surface area contributed by atoms with E-state index in [0.29, 0.717) is 6.42 Å². The molecule has 0 radical (unpaired) electrons. The average molecular weight is 241 g/mol. The summed E-state index contributed by atoms with van der Waals surface area (Å²) in [5, 5.41) is 8.49. The Morgan fingerprint density at radius 1 is 1.38 bits per heavy atom. The van der Waals surface area contributed by atoms with Crippen molar-refractivity contribution in [3.63, 3.8) is 0 Å². The number of nitrogens with zero attached hydrogens (tertiary/aromatic N) is 1. The zero-order chi connectivity index (χ0) is 12.8. The van der Waals surface area contributed by atoms with Crippen LogP contribution in [-0.2, 0) is 4.79 Å². The summed E-state index contributed by atoms with van der Waals surface area (Å²) in [7, 11) is 0. The lowest BCUT2D eigenvalue weighted by Crippen LogP contribution is -2.47. The number of halogens is 3. The first-order valence-corrected chi connectivity index (χ1v) is 5.35. The maximum atomic E-state index is 12.6. The molecule has 0 aliphatic carbocycles. The maximum Gasteiger partial charge on any atom is 0.404 e. The molecule has 1 N–H and O–H groups in total. The van der Waals surface area contributed by atoms with Gasteiger partial charge in [-0.05, 0) is 19.5 Å². The summed E-state index contributed by atoms with van der Waals surface area (Å²) < 4.78 is 37.9. The fourth-order valence-electron chi connectivity index (χ4n) is 1.51. The lowest BCUT2D eigenvalue weighted by Gasteiger charge is -2.31. The molecule has 16 heavy (non-hydrogen) atoms. The van der Waals surface area contributed by atoms with Crippen molar-refractivity contribution in [1.82, 2.24) is 4.90 Å². The smallest absolute Gasteiger partial charge is 0.404 e. The van der Waals surface area contributed by atoms with Crippen LogP contribution < -0.4 is 0 Å². The van der Waals surface area contributed by atoms with Gasteiger partial charge in [-0.1, -0.05) is 20.3 Å². The molecule has 0 aliphatic heterocycles. The van der Waals surface area contributed by atoms with Gasteiger partial charge in [-0.2, -0.15) is 13.2 Å². The van der Waals surface area contributed by atoms with Crippen molar-refractivity contribution in [3.8, 4) is 0 Å². The molecular formula is C10H18F3NO2. The van der Waals surface area contributed by atoms with Gasteiger partial charge in [-0.3, -0.25) is 9.69 Å². The van der Waals surface area contributed by atoms with E-state index in [1.807, 2.05) is 6.92 Å². The maximum absolute atomic E-state index is 12.6. The third kappa shape index (κ3) is 5.34. The summed E-state index contributed by atoms with van der Waals surface area (Å²) >= 11 is 0. The molecule has 1 atom stereocenters. The minimum absolute atomic E-state index is 0.206. The quantitative estimate of drug-likeness (QED) is 0.744. The van der Waals surface area contributed by atoms with Crippen molar-refractivity contribution < 1.29 is 23.1 Å². The predicted molar refractivity (Wildman–Crippen MR) is 54.3 cm³/mol. The minimum Gasteiger partial charge on any atom is -0.481 e. The molecule has 6 heteroatoms. The van der Waals surface area contributed by atoms with Crippen molar-refractivity contribution in [2.24, 2.45) is 0 Å². The van der Waals surface area contributed by atoms with Gasteiger partial charge in [0.15, 0.2) is 0 Å². The van der Waals surface area contributed by atoms with Crippen LogP contribution in [0.5, 0.6) is 0 Å². The van der Waals surface area contributed by atoms with Gasteiger partial charge < -0.3 is 5.11 Å². The number of rotatable bonds is 7. The summed E-state index contributed by atoms with van der Waals surface area (Å²) in [4.78, 5) is 11.6. The molecular weight excluding hydrogens is 223 g/mol. The first kappa shape index (κ1) is 15.2. The van der Waals surface area contributed by atoms with E-state index in [9.17, 15) is 18.0 Å². The molecule has 96 valence electrons. The number of carboxylic acid groups (broad SMARTS) is 1. The number of aliphatic carboxylic acids is 1. The summed E-state index contributed by atoms with van der Waals surface area (Å²) in [6, 6.07) is -1.87. The Kier molecular flexibility index (Phi) is 6.40. The fraction of sp³-hybridized carbons (Fsp3) is 0.900. The molecule has 0 amide bonds. The van der Waals surface area contributed by atoms with Gasteiger partial charge >= 0.3 is 12.1 Å². The van der Waals surface area contributed by atoms with Crippen molar-refractivity contribution in [1.29, 1.82) is 0 Å². The topological polar surface area (TPSA) is 40.5 Å². The number of carbonyl (C=O) groups is 1. The second-order valence-corrected chi connectivity index (χ2v) is 3.64. The van der Waals surface area contributed by atoms with Crippen molar-refractivity contribution in [2.45, 2.75) is 45.3 Å². The van der Waals surface area contributed by atoms with Gasteiger partial charge in [0.25, 0.3) is 0 Å². The molecule has 0 rings (SSSR count). The molecule has 0 aromatic heterocycles. The minimum atomic E-state index is -4.48. The lowest BCUT2D eigenvalue weighted by molar-refractivity contribution is -0.190. The van der Waals surface area contributed by atoms with Crippen LogP contribution in [0.15, 0.2) is 0 Å². The molecule has 0 heterocycles. The van der Waals surface area contributed by atoms with Crippen LogP contribution in [0.1, 0.15) is 33.1 Å². The lowest BCUT2D eigenvalue weighted by atomic mass is 10.1. The molecule has 0 fully saturated rings. The molecule has 3 nitrogen and oxygen atoms in total. The number of alkyl halides is 3. The summed E-state index contributed by atoms with van der Waals surface area (Å²) in [5.74, 6) is -1.42. The molecule has 0 bridgehead atoms. The SMILES string of the molecule is CCCCN(CC)C(CC(=O)O)C(F)(F)F. The van der Waals surface area contributed by atoms with E-state index >= 15 is 0 Å². The molecule has 0 spiro atoms. The van der Waals surface area contributed by atoms with E-state index in [2.05, 4.69) is 0 Å².